The van der Waals surface area contributed by atoms with E-state index in [1.54, 1.807) is 0 Å². The Morgan fingerprint density at radius 2 is 2.00 bits per heavy atom. The molecule has 1 unspecified atom stereocenters. The van der Waals surface area contributed by atoms with E-state index in [1.165, 1.54) is 0 Å². The van der Waals surface area contributed by atoms with Crippen LogP contribution >= 0.6 is 0 Å². The minimum absolute atomic E-state index is 0.109. The maximum atomic E-state index is 11.1. The lowest BCUT2D eigenvalue weighted by Crippen LogP contribution is -2.36. The predicted molar refractivity (Wildman–Crippen MR) is 53.6 cm³/mol. The maximum Gasteiger partial charge on any atom is 0.307 e. The van der Waals surface area contributed by atoms with Crippen LogP contribution in [0, 0.1) is 0 Å². The topological polar surface area (TPSA) is 38.3 Å². The fourth-order valence-corrected chi connectivity index (χ4v) is 1.21. The zero-order valence-corrected chi connectivity index (χ0v) is 9.09. The number of carbonyl (C=O) groups excluding carboxylic acids is 1. The SMILES string of the molecule is CCOC(=O)CC(CC)NC(C)C. The van der Waals surface area contributed by atoms with Crippen LogP contribution in [0.4, 0.5) is 0 Å². The highest BCUT2D eigenvalue weighted by molar-refractivity contribution is 5.70. The zero-order chi connectivity index (χ0) is 10.3. The van der Waals surface area contributed by atoms with Crippen LogP contribution in [0.15, 0.2) is 0 Å². The molecule has 0 fully saturated rings. The first-order valence-electron chi connectivity index (χ1n) is 5.01. The molecule has 78 valence electrons. The molecule has 0 radical (unpaired) electrons. The van der Waals surface area contributed by atoms with Gasteiger partial charge in [0.05, 0.1) is 13.0 Å². The Morgan fingerprint density at radius 3 is 2.38 bits per heavy atom. The second-order valence-electron chi connectivity index (χ2n) is 3.44. The van der Waals surface area contributed by atoms with Gasteiger partial charge >= 0.3 is 5.97 Å². The first kappa shape index (κ1) is 12.4. The van der Waals surface area contributed by atoms with Crippen molar-refractivity contribution in [3.8, 4) is 0 Å². The van der Waals surface area contributed by atoms with Crippen LogP contribution in [0.5, 0.6) is 0 Å². The maximum absolute atomic E-state index is 11.1. The number of rotatable bonds is 6. The standard InChI is InChI=1S/C10H21NO2/c1-5-9(11-8(3)4)7-10(12)13-6-2/h8-9,11H,5-7H2,1-4H3. The molecule has 0 amide bonds. The van der Waals surface area contributed by atoms with Gasteiger partial charge in [-0.05, 0) is 13.3 Å². The molecule has 0 aliphatic heterocycles. The van der Waals surface area contributed by atoms with Crippen molar-refractivity contribution in [2.75, 3.05) is 6.61 Å². The summed E-state index contributed by atoms with van der Waals surface area (Å²) in [5.74, 6) is -0.109. The Bertz CT molecular complexity index is 146. The van der Waals surface area contributed by atoms with E-state index in [0.29, 0.717) is 19.1 Å². The molecule has 0 spiro atoms. The molecule has 0 aromatic heterocycles. The van der Waals surface area contributed by atoms with Crippen LogP contribution in [0.2, 0.25) is 0 Å². The fourth-order valence-electron chi connectivity index (χ4n) is 1.21. The molecule has 0 aliphatic rings. The summed E-state index contributed by atoms with van der Waals surface area (Å²) in [6.45, 7) is 8.52. The number of nitrogens with one attached hydrogen (secondary N) is 1. The quantitative estimate of drug-likeness (QED) is 0.643. The minimum Gasteiger partial charge on any atom is -0.466 e. The van der Waals surface area contributed by atoms with Gasteiger partial charge in [0.25, 0.3) is 0 Å². The zero-order valence-electron chi connectivity index (χ0n) is 9.09. The van der Waals surface area contributed by atoms with Crippen molar-refractivity contribution in [3.05, 3.63) is 0 Å². The number of hydrogen-bond donors (Lipinski definition) is 1. The molecule has 1 N–H and O–H groups in total. The number of esters is 1. The van der Waals surface area contributed by atoms with Crippen molar-refractivity contribution >= 4 is 5.97 Å². The second-order valence-corrected chi connectivity index (χ2v) is 3.44. The van der Waals surface area contributed by atoms with E-state index in [2.05, 4.69) is 26.1 Å². The van der Waals surface area contributed by atoms with Crippen molar-refractivity contribution in [3.63, 3.8) is 0 Å². The summed E-state index contributed by atoms with van der Waals surface area (Å²) < 4.78 is 4.88. The van der Waals surface area contributed by atoms with Crippen LogP contribution in [-0.4, -0.2) is 24.7 Å². The molecule has 0 aliphatic carbocycles. The highest BCUT2D eigenvalue weighted by Gasteiger charge is 2.12. The number of hydrogen-bond acceptors (Lipinski definition) is 3. The molecule has 3 nitrogen and oxygen atoms in total. The van der Waals surface area contributed by atoms with Crippen LogP contribution in [0.25, 0.3) is 0 Å². The normalized spacial score (nSPS) is 13.0. The van der Waals surface area contributed by atoms with Crippen LogP contribution in [0.1, 0.15) is 40.5 Å². The highest BCUT2D eigenvalue weighted by Crippen LogP contribution is 2.01. The van der Waals surface area contributed by atoms with Gasteiger partial charge in [0, 0.05) is 12.1 Å². The molecule has 0 rings (SSSR count). The van der Waals surface area contributed by atoms with Gasteiger partial charge < -0.3 is 10.1 Å². The molecule has 0 heterocycles. The summed E-state index contributed by atoms with van der Waals surface area (Å²) in [7, 11) is 0. The summed E-state index contributed by atoms with van der Waals surface area (Å²) >= 11 is 0. The average Bonchev–Trinajstić information content (AvgIpc) is 2.02. The molecule has 0 aromatic carbocycles. The first-order chi connectivity index (χ1) is 6.10. The molecule has 0 saturated carbocycles. The first-order valence-corrected chi connectivity index (χ1v) is 5.01. The lowest BCUT2D eigenvalue weighted by molar-refractivity contribution is -0.143. The van der Waals surface area contributed by atoms with E-state index in [4.69, 9.17) is 4.74 Å². The summed E-state index contributed by atoms with van der Waals surface area (Å²) in [6.07, 6.45) is 1.43. The van der Waals surface area contributed by atoms with Gasteiger partial charge in [0.15, 0.2) is 0 Å². The number of ether oxygens (including phenoxy) is 1. The van der Waals surface area contributed by atoms with E-state index >= 15 is 0 Å². The van der Waals surface area contributed by atoms with Gasteiger partial charge in [0.1, 0.15) is 0 Å². The van der Waals surface area contributed by atoms with Gasteiger partial charge in [-0.2, -0.15) is 0 Å². The Labute approximate surface area is 80.8 Å². The van der Waals surface area contributed by atoms with Crippen molar-refractivity contribution in [1.29, 1.82) is 0 Å². The van der Waals surface area contributed by atoms with Gasteiger partial charge in [-0.25, -0.2) is 0 Å². The van der Waals surface area contributed by atoms with E-state index in [-0.39, 0.29) is 12.0 Å². The number of carbonyl (C=O) groups is 1. The minimum atomic E-state index is -0.109. The van der Waals surface area contributed by atoms with E-state index in [0.717, 1.165) is 6.42 Å². The van der Waals surface area contributed by atoms with Crippen molar-refractivity contribution in [2.45, 2.75) is 52.6 Å². The van der Waals surface area contributed by atoms with Gasteiger partial charge in [-0.3, -0.25) is 4.79 Å². The second kappa shape index (κ2) is 6.89. The Hall–Kier alpha value is -0.570. The molecule has 0 saturated heterocycles. The van der Waals surface area contributed by atoms with Gasteiger partial charge in [0.2, 0.25) is 0 Å². The van der Waals surface area contributed by atoms with Crippen molar-refractivity contribution in [2.24, 2.45) is 0 Å². The summed E-state index contributed by atoms with van der Waals surface area (Å²) in [5, 5.41) is 3.32. The Kier molecular flexibility index (Phi) is 6.59. The summed E-state index contributed by atoms with van der Waals surface area (Å²) in [5.41, 5.74) is 0. The van der Waals surface area contributed by atoms with E-state index in [9.17, 15) is 4.79 Å². The van der Waals surface area contributed by atoms with Crippen LogP contribution in [0.3, 0.4) is 0 Å². The summed E-state index contributed by atoms with van der Waals surface area (Å²) in [6, 6.07) is 0.665. The van der Waals surface area contributed by atoms with Crippen LogP contribution < -0.4 is 5.32 Å². The lowest BCUT2D eigenvalue weighted by atomic mass is 10.1. The van der Waals surface area contributed by atoms with Crippen LogP contribution in [-0.2, 0) is 9.53 Å². The van der Waals surface area contributed by atoms with Crippen molar-refractivity contribution in [1.82, 2.24) is 5.32 Å². The smallest absolute Gasteiger partial charge is 0.307 e. The molecule has 0 aromatic rings. The van der Waals surface area contributed by atoms with Crippen molar-refractivity contribution < 1.29 is 9.53 Å². The molecular weight excluding hydrogens is 166 g/mol. The van der Waals surface area contributed by atoms with E-state index in [1.807, 2.05) is 6.92 Å². The average molecular weight is 187 g/mol. The summed E-state index contributed by atoms with van der Waals surface area (Å²) in [4.78, 5) is 11.1. The molecule has 3 heteroatoms. The Balaban J connectivity index is 3.76. The monoisotopic (exact) mass is 187 g/mol. The molecule has 0 bridgehead atoms. The third-order valence-electron chi connectivity index (χ3n) is 1.78. The van der Waals surface area contributed by atoms with Gasteiger partial charge in [-0.1, -0.05) is 20.8 Å². The highest BCUT2D eigenvalue weighted by atomic mass is 16.5. The van der Waals surface area contributed by atoms with Gasteiger partial charge in [-0.15, -0.1) is 0 Å². The van der Waals surface area contributed by atoms with E-state index < -0.39 is 0 Å². The molecular formula is C10H21NO2. The third-order valence-corrected chi connectivity index (χ3v) is 1.78. The molecule has 1 atom stereocenters. The molecule has 13 heavy (non-hydrogen) atoms. The Morgan fingerprint density at radius 1 is 1.38 bits per heavy atom. The predicted octanol–water partition coefficient (Wildman–Crippen LogP) is 1.72. The largest absolute Gasteiger partial charge is 0.466 e. The lowest BCUT2D eigenvalue weighted by Gasteiger charge is -2.18. The fraction of sp³-hybridized carbons (Fsp3) is 0.900. The third kappa shape index (κ3) is 6.58.